The summed E-state index contributed by atoms with van der Waals surface area (Å²) in [5.74, 6) is -0.445. The number of aliphatic hydroxyl groups excluding tert-OH is 8. The van der Waals surface area contributed by atoms with E-state index in [0.717, 1.165) is 38.5 Å². The van der Waals surface area contributed by atoms with E-state index in [1.807, 2.05) is 13.8 Å². The highest BCUT2D eigenvalue weighted by Gasteiger charge is 2.47. The minimum Gasteiger partial charge on any atom is -0.463 e. The van der Waals surface area contributed by atoms with Gasteiger partial charge in [0.15, 0.2) is 12.6 Å². The van der Waals surface area contributed by atoms with Gasteiger partial charge in [-0.2, -0.15) is 0 Å². The van der Waals surface area contributed by atoms with Crippen LogP contribution in [0.1, 0.15) is 111 Å². The minimum absolute atomic E-state index is 0.233. The zero-order valence-electron chi connectivity index (χ0n) is 29.8. The summed E-state index contributed by atoms with van der Waals surface area (Å²) in [6.07, 6.45) is 3.00. The SMILES string of the molecule is CC.CCCCCCCC/C=C\CCCCCCCC(=O)OCC(O)COC1O[C@H](COC2OC(CO)[C@@H](O)C(O)[C@H]2O)[C@@H](O)C(O)[C@H]1O. The Morgan fingerprint density at radius 3 is 1.71 bits per heavy atom. The number of hydrogen-bond acceptors (Lipinski definition) is 14. The van der Waals surface area contributed by atoms with E-state index in [4.69, 9.17) is 23.7 Å². The van der Waals surface area contributed by atoms with Gasteiger partial charge in [0.25, 0.3) is 0 Å². The number of aliphatic hydroxyl groups is 8. The van der Waals surface area contributed by atoms with Crippen molar-refractivity contribution >= 4 is 5.97 Å². The fraction of sp³-hybridized carbons (Fsp3) is 0.914. The second-order valence-electron chi connectivity index (χ2n) is 12.5. The van der Waals surface area contributed by atoms with Gasteiger partial charge in [-0.25, -0.2) is 0 Å². The van der Waals surface area contributed by atoms with Crippen molar-refractivity contribution in [1.29, 1.82) is 0 Å². The maximum absolute atomic E-state index is 12.1. The van der Waals surface area contributed by atoms with Gasteiger partial charge < -0.3 is 64.5 Å². The Kier molecular flexibility index (Phi) is 25.6. The molecule has 0 spiro atoms. The van der Waals surface area contributed by atoms with E-state index in [9.17, 15) is 45.6 Å². The average Bonchev–Trinajstić information content (AvgIpc) is 3.11. The zero-order chi connectivity index (χ0) is 36.6. The van der Waals surface area contributed by atoms with Crippen LogP contribution in [0.25, 0.3) is 0 Å². The summed E-state index contributed by atoms with van der Waals surface area (Å²) in [5, 5.41) is 80.3. The Morgan fingerprint density at radius 2 is 1.14 bits per heavy atom. The molecule has 0 aliphatic carbocycles. The van der Waals surface area contributed by atoms with Crippen LogP contribution in [0.3, 0.4) is 0 Å². The van der Waals surface area contributed by atoms with Gasteiger partial charge in [0.2, 0.25) is 0 Å². The summed E-state index contributed by atoms with van der Waals surface area (Å²) in [6.45, 7) is 4.29. The van der Waals surface area contributed by atoms with Crippen molar-refractivity contribution in [2.75, 3.05) is 26.4 Å². The maximum atomic E-state index is 12.1. The Hall–Kier alpha value is -1.27. The smallest absolute Gasteiger partial charge is 0.305 e. The summed E-state index contributed by atoms with van der Waals surface area (Å²) < 4.78 is 26.6. The molecular weight excluding hydrogens is 644 g/mol. The Morgan fingerprint density at radius 1 is 0.653 bits per heavy atom. The number of allylic oxidation sites excluding steroid dienone is 2. The lowest BCUT2D eigenvalue weighted by Gasteiger charge is -2.42. The lowest BCUT2D eigenvalue weighted by atomic mass is 9.98. The van der Waals surface area contributed by atoms with Crippen LogP contribution in [0.4, 0.5) is 0 Å². The van der Waals surface area contributed by atoms with E-state index in [-0.39, 0.29) is 13.0 Å². The summed E-state index contributed by atoms with van der Waals surface area (Å²) in [5.41, 5.74) is 0. The predicted octanol–water partition coefficient (Wildman–Crippen LogP) is 1.59. The molecule has 2 heterocycles. The molecule has 0 aromatic rings. The van der Waals surface area contributed by atoms with Crippen molar-refractivity contribution in [3.63, 3.8) is 0 Å². The molecule has 2 rings (SSSR count). The maximum Gasteiger partial charge on any atom is 0.305 e. The Balaban J connectivity index is 0.00000589. The Labute approximate surface area is 292 Å². The molecule has 0 amide bonds. The zero-order valence-corrected chi connectivity index (χ0v) is 29.8. The summed E-state index contributed by atoms with van der Waals surface area (Å²) in [6, 6.07) is 0. The molecule has 14 heteroatoms. The van der Waals surface area contributed by atoms with Gasteiger partial charge >= 0.3 is 5.97 Å². The molecule has 0 aromatic heterocycles. The normalized spacial score (nSPS) is 30.9. The number of carbonyl (C=O) groups excluding carboxylic acids is 1. The summed E-state index contributed by atoms with van der Waals surface area (Å²) >= 11 is 0. The second-order valence-corrected chi connectivity index (χ2v) is 12.5. The number of rotatable bonds is 24. The number of carbonyl (C=O) groups is 1. The Bertz CT molecular complexity index is 845. The third-order valence-corrected chi connectivity index (χ3v) is 8.47. The van der Waals surface area contributed by atoms with Crippen LogP contribution in [0.2, 0.25) is 0 Å². The van der Waals surface area contributed by atoms with E-state index in [1.54, 1.807) is 0 Å². The molecule has 0 bridgehead atoms. The van der Waals surface area contributed by atoms with Crippen LogP contribution in [-0.2, 0) is 28.5 Å². The third kappa shape index (κ3) is 17.7. The molecule has 290 valence electrons. The molecule has 0 saturated carbocycles. The van der Waals surface area contributed by atoms with Crippen molar-refractivity contribution in [3.05, 3.63) is 12.2 Å². The van der Waals surface area contributed by atoms with Crippen LogP contribution >= 0.6 is 0 Å². The average molecular weight is 711 g/mol. The standard InChI is InChI=1S/C33H60O14.C2H6/c1-2-3-4-5-6-7-8-9-10-11-12-13-14-15-16-17-25(36)43-19-22(35)20-44-32-31(42)29(40)27(38)24(47-32)21-45-33-30(41)28(39)26(37)23(18-34)46-33;1-2/h9-10,22-24,26-35,37-42H,2-8,11-21H2,1H3;1-2H3/b10-9-;/t22?,23?,24-,26-,27-,28?,29?,30-,31-,32?,33?;/m1./s1. The molecule has 14 nitrogen and oxygen atoms in total. The molecule has 49 heavy (non-hydrogen) atoms. The van der Waals surface area contributed by atoms with Crippen molar-refractivity contribution in [1.82, 2.24) is 0 Å². The van der Waals surface area contributed by atoms with Crippen LogP contribution < -0.4 is 0 Å². The number of ether oxygens (including phenoxy) is 5. The molecule has 8 N–H and O–H groups in total. The molecule has 0 radical (unpaired) electrons. The first-order valence-corrected chi connectivity index (χ1v) is 18.3. The highest BCUT2D eigenvalue weighted by atomic mass is 16.7. The van der Waals surface area contributed by atoms with Crippen molar-refractivity contribution in [2.24, 2.45) is 0 Å². The van der Waals surface area contributed by atoms with Gasteiger partial charge in [-0.1, -0.05) is 84.3 Å². The first kappa shape index (κ1) is 45.8. The van der Waals surface area contributed by atoms with Gasteiger partial charge in [0, 0.05) is 6.42 Å². The van der Waals surface area contributed by atoms with Crippen LogP contribution in [0.5, 0.6) is 0 Å². The lowest BCUT2D eigenvalue weighted by molar-refractivity contribution is -0.332. The number of hydrogen-bond donors (Lipinski definition) is 8. The molecule has 6 unspecified atom stereocenters. The van der Waals surface area contributed by atoms with Gasteiger partial charge in [-0.05, 0) is 32.1 Å². The molecule has 2 aliphatic rings. The second kappa shape index (κ2) is 27.4. The minimum atomic E-state index is -1.72. The third-order valence-electron chi connectivity index (χ3n) is 8.47. The van der Waals surface area contributed by atoms with Gasteiger partial charge in [-0.15, -0.1) is 0 Å². The first-order chi connectivity index (χ1) is 23.6. The molecule has 2 saturated heterocycles. The number of esters is 1. The summed E-state index contributed by atoms with van der Waals surface area (Å²) in [4.78, 5) is 12.1. The van der Waals surface area contributed by atoms with Crippen LogP contribution in [-0.4, -0.2) is 141 Å². The van der Waals surface area contributed by atoms with Gasteiger partial charge in [0.1, 0.15) is 61.5 Å². The topological polar surface area (TPSA) is 225 Å². The highest BCUT2D eigenvalue weighted by molar-refractivity contribution is 5.69. The highest BCUT2D eigenvalue weighted by Crippen LogP contribution is 2.26. The molecule has 0 aromatic carbocycles. The van der Waals surface area contributed by atoms with Crippen LogP contribution in [0.15, 0.2) is 12.2 Å². The van der Waals surface area contributed by atoms with Gasteiger partial charge in [0.05, 0.1) is 19.8 Å². The molecule has 2 fully saturated rings. The van der Waals surface area contributed by atoms with Gasteiger partial charge in [-0.3, -0.25) is 4.79 Å². The largest absolute Gasteiger partial charge is 0.463 e. The van der Waals surface area contributed by atoms with Crippen molar-refractivity contribution in [2.45, 2.75) is 178 Å². The molecular formula is C35H66O14. The predicted molar refractivity (Wildman–Crippen MR) is 180 cm³/mol. The molecule has 2 aliphatic heterocycles. The van der Waals surface area contributed by atoms with E-state index < -0.39 is 93.3 Å². The van der Waals surface area contributed by atoms with E-state index in [0.29, 0.717) is 6.42 Å². The number of unbranched alkanes of at least 4 members (excludes halogenated alkanes) is 11. The fourth-order valence-corrected chi connectivity index (χ4v) is 5.44. The van der Waals surface area contributed by atoms with Crippen molar-refractivity contribution < 1.29 is 69.3 Å². The fourth-order valence-electron chi connectivity index (χ4n) is 5.44. The summed E-state index contributed by atoms with van der Waals surface area (Å²) in [7, 11) is 0. The van der Waals surface area contributed by atoms with Crippen LogP contribution in [0, 0.1) is 0 Å². The van der Waals surface area contributed by atoms with E-state index in [2.05, 4.69) is 19.1 Å². The van der Waals surface area contributed by atoms with Crippen molar-refractivity contribution in [3.8, 4) is 0 Å². The first-order valence-electron chi connectivity index (χ1n) is 18.3. The monoisotopic (exact) mass is 710 g/mol. The lowest BCUT2D eigenvalue weighted by Crippen LogP contribution is -2.61. The van der Waals surface area contributed by atoms with E-state index >= 15 is 0 Å². The quantitative estimate of drug-likeness (QED) is 0.0405. The van der Waals surface area contributed by atoms with E-state index in [1.165, 1.54) is 38.5 Å². The molecule has 11 atom stereocenters.